The molecule has 0 saturated heterocycles. The highest BCUT2D eigenvalue weighted by Gasteiger charge is 2.06. The van der Waals surface area contributed by atoms with Gasteiger partial charge in [-0.25, -0.2) is 4.39 Å². The molecular weight excluding hydrogens is 275 g/mol. The summed E-state index contributed by atoms with van der Waals surface area (Å²) in [6.45, 7) is 0.514. The summed E-state index contributed by atoms with van der Waals surface area (Å²) in [5.41, 5.74) is 2.40. The standard InChI is InChI=1S/C16H12ClFN2/c17-13-5-3-7-15(16(13)18)20-10-11-8-9-19-14-6-2-1-4-12(11)14/h1-9,20H,10H2. The molecule has 0 unspecified atom stereocenters. The second kappa shape index (κ2) is 5.47. The highest BCUT2D eigenvalue weighted by molar-refractivity contribution is 6.31. The fraction of sp³-hybridized carbons (Fsp3) is 0.0625. The van der Waals surface area contributed by atoms with Gasteiger partial charge in [-0.2, -0.15) is 0 Å². The van der Waals surface area contributed by atoms with Crippen molar-refractivity contribution in [3.63, 3.8) is 0 Å². The zero-order chi connectivity index (χ0) is 13.9. The zero-order valence-corrected chi connectivity index (χ0v) is 11.4. The first kappa shape index (κ1) is 12.9. The molecule has 0 radical (unpaired) electrons. The fourth-order valence-corrected chi connectivity index (χ4v) is 2.31. The predicted molar refractivity (Wildman–Crippen MR) is 80.5 cm³/mol. The molecule has 3 aromatic rings. The van der Waals surface area contributed by atoms with Gasteiger partial charge in [0.2, 0.25) is 0 Å². The molecular formula is C16H12ClFN2. The molecule has 0 amide bonds. The molecule has 2 nitrogen and oxygen atoms in total. The Morgan fingerprint density at radius 1 is 1.05 bits per heavy atom. The van der Waals surface area contributed by atoms with E-state index in [1.165, 1.54) is 6.07 Å². The minimum Gasteiger partial charge on any atom is -0.379 e. The van der Waals surface area contributed by atoms with E-state index in [4.69, 9.17) is 11.6 Å². The van der Waals surface area contributed by atoms with Crippen LogP contribution in [0.25, 0.3) is 10.9 Å². The fourth-order valence-electron chi connectivity index (χ4n) is 2.14. The molecule has 0 bridgehead atoms. The Labute approximate surface area is 121 Å². The molecule has 1 heterocycles. The summed E-state index contributed by atoms with van der Waals surface area (Å²) in [5.74, 6) is -0.424. The van der Waals surface area contributed by atoms with Crippen LogP contribution in [0.3, 0.4) is 0 Å². The number of rotatable bonds is 3. The van der Waals surface area contributed by atoms with E-state index in [0.29, 0.717) is 12.2 Å². The Kier molecular flexibility index (Phi) is 3.52. The molecule has 2 aromatic carbocycles. The summed E-state index contributed by atoms with van der Waals surface area (Å²) in [4.78, 5) is 4.31. The summed E-state index contributed by atoms with van der Waals surface area (Å²) in [7, 11) is 0. The minimum absolute atomic E-state index is 0.120. The van der Waals surface area contributed by atoms with Crippen LogP contribution in [0.15, 0.2) is 54.7 Å². The third-order valence-electron chi connectivity index (χ3n) is 3.16. The van der Waals surface area contributed by atoms with Gasteiger partial charge in [0, 0.05) is 18.1 Å². The SMILES string of the molecule is Fc1c(Cl)cccc1NCc1ccnc2ccccc12. The first-order valence-electron chi connectivity index (χ1n) is 6.26. The van der Waals surface area contributed by atoms with E-state index in [-0.39, 0.29) is 5.02 Å². The molecule has 0 saturated carbocycles. The Morgan fingerprint density at radius 3 is 2.80 bits per heavy atom. The van der Waals surface area contributed by atoms with E-state index in [0.717, 1.165) is 16.5 Å². The molecule has 1 N–H and O–H groups in total. The van der Waals surface area contributed by atoms with Crippen molar-refractivity contribution in [2.45, 2.75) is 6.54 Å². The maximum Gasteiger partial charge on any atom is 0.164 e. The van der Waals surface area contributed by atoms with Crippen molar-refractivity contribution in [3.8, 4) is 0 Å². The van der Waals surface area contributed by atoms with Gasteiger partial charge < -0.3 is 5.32 Å². The van der Waals surface area contributed by atoms with Crippen LogP contribution in [-0.4, -0.2) is 4.98 Å². The van der Waals surface area contributed by atoms with E-state index in [1.54, 1.807) is 18.3 Å². The zero-order valence-electron chi connectivity index (χ0n) is 10.6. The first-order valence-corrected chi connectivity index (χ1v) is 6.64. The summed E-state index contributed by atoms with van der Waals surface area (Å²) in [5, 5.41) is 4.26. The van der Waals surface area contributed by atoms with E-state index in [9.17, 15) is 4.39 Å². The summed E-state index contributed by atoms with van der Waals surface area (Å²) in [6.07, 6.45) is 1.76. The maximum atomic E-state index is 13.8. The number of nitrogens with one attached hydrogen (secondary N) is 1. The van der Waals surface area contributed by atoms with Gasteiger partial charge in [0.05, 0.1) is 16.2 Å². The summed E-state index contributed by atoms with van der Waals surface area (Å²) in [6, 6.07) is 14.7. The van der Waals surface area contributed by atoms with Gasteiger partial charge in [-0.1, -0.05) is 35.9 Å². The van der Waals surface area contributed by atoms with Gasteiger partial charge in [-0.05, 0) is 29.8 Å². The van der Waals surface area contributed by atoms with Crippen molar-refractivity contribution >= 4 is 28.2 Å². The molecule has 0 aliphatic carbocycles. The van der Waals surface area contributed by atoms with Crippen LogP contribution in [0.4, 0.5) is 10.1 Å². The maximum absolute atomic E-state index is 13.8. The molecule has 1 aromatic heterocycles. The first-order chi connectivity index (χ1) is 9.75. The van der Waals surface area contributed by atoms with E-state index >= 15 is 0 Å². The molecule has 4 heteroatoms. The van der Waals surface area contributed by atoms with Crippen molar-refractivity contribution in [1.82, 2.24) is 4.98 Å². The largest absolute Gasteiger partial charge is 0.379 e. The van der Waals surface area contributed by atoms with Crippen LogP contribution in [0.2, 0.25) is 5.02 Å². The van der Waals surface area contributed by atoms with Gasteiger partial charge in [0.1, 0.15) is 0 Å². The average Bonchev–Trinajstić information content (AvgIpc) is 2.49. The number of hydrogen-bond acceptors (Lipinski definition) is 2. The number of aromatic nitrogens is 1. The van der Waals surface area contributed by atoms with Crippen molar-refractivity contribution < 1.29 is 4.39 Å². The van der Waals surface area contributed by atoms with Crippen molar-refractivity contribution in [1.29, 1.82) is 0 Å². The molecule has 0 aliphatic heterocycles. The van der Waals surface area contributed by atoms with E-state index in [2.05, 4.69) is 10.3 Å². The number of benzene rings is 2. The van der Waals surface area contributed by atoms with Gasteiger partial charge in [-0.15, -0.1) is 0 Å². The number of fused-ring (bicyclic) bond motifs is 1. The van der Waals surface area contributed by atoms with E-state index in [1.807, 2.05) is 30.3 Å². The lowest BCUT2D eigenvalue weighted by Gasteiger charge is -2.10. The van der Waals surface area contributed by atoms with Crippen LogP contribution in [0.1, 0.15) is 5.56 Å². The molecule has 0 fully saturated rings. The third kappa shape index (κ3) is 2.45. The Hall–Kier alpha value is -2.13. The topological polar surface area (TPSA) is 24.9 Å². The third-order valence-corrected chi connectivity index (χ3v) is 3.45. The number of nitrogens with zero attached hydrogens (tertiary/aromatic N) is 1. The normalized spacial score (nSPS) is 10.7. The number of hydrogen-bond donors (Lipinski definition) is 1. The molecule has 3 rings (SSSR count). The summed E-state index contributed by atoms with van der Waals surface area (Å²) < 4.78 is 13.8. The lowest BCUT2D eigenvalue weighted by atomic mass is 10.1. The molecule has 20 heavy (non-hydrogen) atoms. The van der Waals surface area contributed by atoms with Gasteiger partial charge in [0.15, 0.2) is 5.82 Å². The van der Waals surface area contributed by atoms with Crippen LogP contribution in [0, 0.1) is 5.82 Å². The van der Waals surface area contributed by atoms with Crippen LogP contribution < -0.4 is 5.32 Å². The number of para-hydroxylation sites is 1. The smallest absolute Gasteiger partial charge is 0.164 e. The van der Waals surface area contributed by atoms with Crippen molar-refractivity contribution in [2.24, 2.45) is 0 Å². The highest BCUT2D eigenvalue weighted by atomic mass is 35.5. The second-order valence-electron chi connectivity index (χ2n) is 4.44. The van der Waals surface area contributed by atoms with Crippen LogP contribution in [-0.2, 0) is 6.54 Å². The number of halogens is 2. The van der Waals surface area contributed by atoms with Crippen molar-refractivity contribution in [2.75, 3.05) is 5.32 Å². The average molecular weight is 287 g/mol. The Morgan fingerprint density at radius 2 is 1.90 bits per heavy atom. The molecule has 0 spiro atoms. The Balaban J connectivity index is 1.89. The molecule has 0 atom stereocenters. The van der Waals surface area contributed by atoms with E-state index < -0.39 is 5.82 Å². The van der Waals surface area contributed by atoms with Crippen LogP contribution >= 0.6 is 11.6 Å². The second-order valence-corrected chi connectivity index (χ2v) is 4.85. The number of anilines is 1. The van der Waals surface area contributed by atoms with Crippen molar-refractivity contribution in [3.05, 3.63) is 71.1 Å². The Bertz CT molecular complexity index is 753. The monoisotopic (exact) mass is 286 g/mol. The minimum atomic E-state index is -0.424. The number of pyridine rings is 1. The molecule has 100 valence electrons. The highest BCUT2D eigenvalue weighted by Crippen LogP contribution is 2.23. The quantitative estimate of drug-likeness (QED) is 0.759. The lowest BCUT2D eigenvalue weighted by Crippen LogP contribution is -2.02. The van der Waals surface area contributed by atoms with Gasteiger partial charge in [0.25, 0.3) is 0 Å². The predicted octanol–water partition coefficient (Wildman–Crippen LogP) is 4.64. The van der Waals surface area contributed by atoms with Crippen LogP contribution in [0.5, 0.6) is 0 Å². The lowest BCUT2D eigenvalue weighted by molar-refractivity contribution is 0.630. The van der Waals surface area contributed by atoms with Gasteiger partial charge >= 0.3 is 0 Å². The van der Waals surface area contributed by atoms with Gasteiger partial charge in [-0.3, -0.25) is 4.98 Å². The summed E-state index contributed by atoms with van der Waals surface area (Å²) >= 11 is 5.77. The molecule has 0 aliphatic rings.